The number of aldehydes is 1. The molecule has 0 atom stereocenters. The zero-order valence-electron chi connectivity index (χ0n) is 9.09. The molecule has 0 N–H and O–H groups in total. The molecular formula is C13H13NO2. The van der Waals surface area contributed by atoms with Crippen LogP contribution in [0.4, 0.5) is 0 Å². The topological polar surface area (TPSA) is 38.7 Å². The molecule has 0 aliphatic heterocycles. The summed E-state index contributed by atoms with van der Waals surface area (Å²) in [6.07, 6.45) is 5.75. The number of aliphatic imine (C=N–C) groups is 1. The summed E-state index contributed by atoms with van der Waals surface area (Å²) in [6.45, 7) is 5.38. The van der Waals surface area contributed by atoms with Crippen molar-refractivity contribution in [2.45, 2.75) is 6.92 Å². The molecule has 1 aromatic carbocycles. The van der Waals surface area contributed by atoms with Gasteiger partial charge in [-0.15, -0.1) is 0 Å². The van der Waals surface area contributed by atoms with Crippen molar-refractivity contribution in [2.75, 3.05) is 0 Å². The molecule has 0 amide bonds. The van der Waals surface area contributed by atoms with E-state index in [-0.39, 0.29) is 0 Å². The summed E-state index contributed by atoms with van der Waals surface area (Å²) in [5.41, 5.74) is 0.612. The molecule has 0 unspecified atom stereocenters. The first-order valence-electron chi connectivity index (χ1n) is 4.84. The van der Waals surface area contributed by atoms with E-state index in [1.54, 1.807) is 30.3 Å². The van der Waals surface area contributed by atoms with Crippen LogP contribution in [0, 0.1) is 0 Å². The maximum Gasteiger partial charge on any atom is 0.218 e. The van der Waals surface area contributed by atoms with E-state index < -0.39 is 0 Å². The van der Waals surface area contributed by atoms with Crippen molar-refractivity contribution in [1.29, 1.82) is 0 Å². The molecule has 16 heavy (non-hydrogen) atoms. The third-order valence-electron chi connectivity index (χ3n) is 1.77. The van der Waals surface area contributed by atoms with Gasteiger partial charge in [-0.25, -0.2) is 4.99 Å². The van der Waals surface area contributed by atoms with Crippen molar-refractivity contribution in [2.24, 2.45) is 4.99 Å². The van der Waals surface area contributed by atoms with Crippen LogP contribution >= 0.6 is 0 Å². The minimum atomic E-state index is 0.455. The molecule has 0 aliphatic carbocycles. The third-order valence-corrected chi connectivity index (χ3v) is 1.77. The van der Waals surface area contributed by atoms with Crippen LogP contribution in [-0.2, 0) is 0 Å². The zero-order valence-corrected chi connectivity index (χ0v) is 9.09. The third kappa shape index (κ3) is 3.53. The van der Waals surface area contributed by atoms with Crippen molar-refractivity contribution in [3.63, 3.8) is 0 Å². The fourth-order valence-electron chi connectivity index (χ4n) is 1.07. The average molecular weight is 215 g/mol. The molecule has 1 aromatic rings. The number of nitrogens with zero attached hydrogens (tertiary/aromatic N) is 1. The second kappa shape index (κ2) is 6.35. The van der Waals surface area contributed by atoms with Gasteiger partial charge in [-0.2, -0.15) is 0 Å². The molecule has 0 bridgehead atoms. The minimum Gasteiger partial charge on any atom is -0.439 e. The predicted octanol–water partition coefficient (Wildman–Crippen LogP) is 3.00. The van der Waals surface area contributed by atoms with E-state index in [4.69, 9.17) is 4.74 Å². The average Bonchev–Trinajstić information content (AvgIpc) is 2.31. The lowest BCUT2D eigenvalue weighted by molar-refractivity contribution is 0.112. The van der Waals surface area contributed by atoms with E-state index in [2.05, 4.69) is 11.6 Å². The van der Waals surface area contributed by atoms with Gasteiger partial charge in [-0.3, -0.25) is 4.79 Å². The Morgan fingerprint density at radius 3 is 2.56 bits per heavy atom. The predicted molar refractivity (Wildman–Crippen MR) is 64.9 cm³/mol. The van der Waals surface area contributed by atoms with Gasteiger partial charge >= 0.3 is 0 Å². The molecule has 0 spiro atoms. The van der Waals surface area contributed by atoms with Gasteiger partial charge in [-0.1, -0.05) is 12.7 Å². The maximum absolute atomic E-state index is 10.5. The van der Waals surface area contributed by atoms with Crippen LogP contribution in [0.1, 0.15) is 17.3 Å². The molecule has 0 heterocycles. The van der Waals surface area contributed by atoms with Crippen molar-refractivity contribution in [3.05, 3.63) is 54.8 Å². The van der Waals surface area contributed by atoms with Gasteiger partial charge in [0.1, 0.15) is 12.0 Å². The number of hydrogen-bond donors (Lipinski definition) is 0. The largest absolute Gasteiger partial charge is 0.439 e. The number of ether oxygens (including phenoxy) is 1. The molecular weight excluding hydrogens is 202 g/mol. The van der Waals surface area contributed by atoms with E-state index in [0.29, 0.717) is 17.2 Å². The standard InChI is InChI=1S/C13H13NO2/c1-3-5-13(14-4-2)16-12-8-6-11(10-15)7-9-12/h3-10H,2H2,1H3/b5-3-,14-13+. The molecule has 0 fully saturated rings. The summed E-state index contributed by atoms with van der Waals surface area (Å²) < 4.78 is 5.47. The highest BCUT2D eigenvalue weighted by Gasteiger charge is 1.98. The molecule has 1 rings (SSSR count). The molecule has 3 nitrogen and oxygen atoms in total. The fraction of sp³-hybridized carbons (Fsp3) is 0.0769. The lowest BCUT2D eigenvalue weighted by Gasteiger charge is -2.04. The Labute approximate surface area is 94.8 Å². The second-order valence-corrected chi connectivity index (χ2v) is 2.94. The van der Waals surface area contributed by atoms with Crippen molar-refractivity contribution < 1.29 is 9.53 Å². The fourth-order valence-corrected chi connectivity index (χ4v) is 1.07. The second-order valence-electron chi connectivity index (χ2n) is 2.94. The number of carbonyl (C=O) groups is 1. The quantitative estimate of drug-likeness (QED) is 0.440. The molecule has 0 aromatic heterocycles. The molecule has 3 heteroatoms. The monoisotopic (exact) mass is 215 g/mol. The van der Waals surface area contributed by atoms with Gasteiger partial charge in [0.25, 0.3) is 0 Å². The number of rotatable bonds is 4. The molecule has 82 valence electrons. The summed E-state index contributed by atoms with van der Waals surface area (Å²) >= 11 is 0. The number of carbonyl (C=O) groups excluding carboxylic acids is 1. The number of allylic oxidation sites excluding steroid dienone is 1. The SMILES string of the molecule is C=C/N=C(\C=C/C)Oc1ccc(C=O)cc1. The van der Waals surface area contributed by atoms with Gasteiger partial charge < -0.3 is 4.74 Å². The van der Waals surface area contributed by atoms with Crippen LogP contribution in [-0.4, -0.2) is 12.2 Å². The summed E-state index contributed by atoms with van der Waals surface area (Å²) in [4.78, 5) is 14.4. The van der Waals surface area contributed by atoms with E-state index in [0.717, 1.165) is 6.29 Å². The van der Waals surface area contributed by atoms with Gasteiger partial charge in [0, 0.05) is 11.8 Å². The summed E-state index contributed by atoms with van der Waals surface area (Å²) in [6, 6.07) is 6.80. The van der Waals surface area contributed by atoms with E-state index in [1.807, 2.05) is 13.0 Å². The van der Waals surface area contributed by atoms with Crippen LogP contribution in [0.3, 0.4) is 0 Å². The minimum absolute atomic E-state index is 0.455. The van der Waals surface area contributed by atoms with Gasteiger partial charge in [0.2, 0.25) is 5.90 Å². The highest BCUT2D eigenvalue weighted by atomic mass is 16.5. The smallest absolute Gasteiger partial charge is 0.218 e. The highest BCUT2D eigenvalue weighted by molar-refractivity contribution is 5.89. The van der Waals surface area contributed by atoms with Crippen LogP contribution < -0.4 is 4.74 Å². The van der Waals surface area contributed by atoms with Crippen LogP contribution in [0.25, 0.3) is 0 Å². The van der Waals surface area contributed by atoms with Crippen LogP contribution in [0.5, 0.6) is 5.75 Å². The van der Waals surface area contributed by atoms with Gasteiger partial charge in [0.05, 0.1) is 0 Å². The number of hydrogen-bond acceptors (Lipinski definition) is 3. The Morgan fingerprint density at radius 2 is 2.06 bits per heavy atom. The Balaban J connectivity index is 2.81. The summed E-state index contributed by atoms with van der Waals surface area (Å²) in [7, 11) is 0. The Bertz CT molecular complexity index is 416. The molecule has 0 saturated carbocycles. The lowest BCUT2D eigenvalue weighted by Crippen LogP contribution is -2.04. The van der Waals surface area contributed by atoms with Crippen LogP contribution in [0.2, 0.25) is 0 Å². The first kappa shape index (κ1) is 11.9. The van der Waals surface area contributed by atoms with Gasteiger partial charge in [-0.05, 0) is 37.3 Å². The Kier molecular flexibility index (Phi) is 4.73. The zero-order chi connectivity index (χ0) is 11.8. The van der Waals surface area contributed by atoms with Crippen molar-refractivity contribution in [3.8, 4) is 5.75 Å². The van der Waals surface area contributed by atoms with E-state index >= 15 is 0 Å². The summed E-state index contributed by atoms with van der Waals surface area (Å²) in [5.74, 6) is 1.08. The highest BCUT2D eigenvalue weighted by Crippen LogP contribution is 2.11. The Hall–Kier alpha value is -2.16. The van der Waals surface area contributed by atoms with Gasteiger partial charge in [0.15, 0.2) is 0 Å². The number of benzene rings is 1. The summed E-state index contributed by atoms with van der Waals surface area (Å²) in [5, 5.41) is 0. The van der Waals surface area contributed by atoms with E-state index in [9.17, 15) is 4.79 Å². The van der Waals surface area contributed by atoms with Crippen LogP contribution in [0.15, 0.2) is 54.2 Å². The normalized spacial score (nSPS) is 11.4. The lowest BCUT2D eigenvalue weighted by atomic mass is 10.2. The first-order chi connectivity index (χ1) is 7.80. The first-order valence-corrected chi connectivity index (χ1v) is 4.84. The maximum atomic E-state index is 10.5. The molecule has 0 saturated heterocycles. The van der Waals surface area contributed by atoms with Crippen molar-refractivity contribution >= 4 is 12.2 Å². The Morgan fingerprint density at radius 1 is 1.38 bits per heavy atom. The van der Waals surface area contributed by atoms with E-state index in [1.165, 1.54) is 6.20 Å². The van der Waals surface area contributed by atoms with Crippen molar-refractivity contribution in [1.82, 2.24) is 0 Å². The molecule has 0 radical (unpaired) electrons. The molecule has 0 aliphatic rings.